The molecule has 192 valence electrons. The lowest BCUT2D eigenvalue weighted by Crippen LogP contribution is -2.51. The number of likely N-dealkylation sites (tertiary alicyclic amines) is 1. The number of ether oxygens (including phenoxy) is 3. The van der Waals surface area contributed by atoms with E-state index in [-0.39, 0.29) is 37.2 Å². The Bertz CT molecular complexity index is 927. The number of methoxy groups -OCH3 is 1. The van der Waals surface area contributed by atoms with Crippen LogP contribution in [0.2, 0.25) is 0 Å². The van der Waals surface area contributed by atoms with Crippen LogP contribution in [0.25, 0.3) is 0 Å². The lowest BCUT2D eigenvalue weighted by atomic mass is 10.1. The number of benzene rings is 1. The third-order valence-electron chi connectivity index (χ3n) is 6.79. The van der Waals surface area contributed by atoms with Crippen molar-refractivity contribution >= 4 is 15.9 Å². The van der Waals surface area contributed by atoms with E-state index < -0.39 is 16.1 Å². The van der Waals surface area contributed by atoms with Crippen molar-refractivity contribution < 1.29 is 27.4 Å². The molecular weight excluding hydrogens is 458 g/mol. The van der Waals surface area contributed by atoms with E-state index in [0.717, 1.165) is 26.1 Å². The monoisotopic (exact) mass is 497 g/mol. The fourth-order valence-corrected chi connectivity index (χ4v) is 7.02. The minimum absolute atomic E-state index is 0.0531. The van der Waals surface area contributed by atoms with Crippen LogP contribution in [0.3, 0.4) is 0 Å². The summed E-state index contributed by atoms with van der Waals surface area (Å²) < 4.78 is 45.2. The molecule has 0 aliphatic carbocycles. The molecule has 1 amide bonds. The normalized spacial score (nSPS) is 21.9. The highest BCUT2D eigenvalue weighted by Gasteiger charge is 2.36. The summed E-state index contributed by atoms with van der Waals surface area (Å²) in [5.74, 6) is 0.571. The summed E-state index contributed by atoms with van der Waals surface area (Å²) in [4.78, 5) is 17.2. The molecule has 0 N–H and O–H groups in total. The molecule has 0 bridgehead atoms. The van der Waals surface area contributed by atoms with E-state index >= 15 is 0 Å². The van der Waals surface area contributed by atoms with Crippen molar-refractivity contribution in [3.8, 4) is 5.75 Å². The van der Waals surface area contributed by atoms with Crippen molar-refractivity contribution in [1.29, 1.82) is 0 Å². The molecule has 2 saturated heterocycles. The number of morpholine rings is 1. The molecule has 2 fully saturated rings. The summed E-state index contributed by atoms with van der Waals surface area (Å²) in [6.07, 6.45) is 0.969. The van der Waals surface area contributed by atoms with E-state index in [1.807, 2.05) is 4.90 Å². The van der Waals surface area contributed by atoms with Gasteiger partial charge in [0.1, 0.15) is 12.4 Å². The molecule has 1 aromatic rings. The van der Waals surface area contributed by atoms with Crippen molar-refractivity contribution in [1.82, 2.24) is 14.1 Å². The van der Waals surface area contributed by atoms with E-state index in [2.05, 4.69) is 18.7 Å². The number of carbonyl (C=O) groups is 1. The summed E-state index contributed by atoms with van der Waals surface area (Å²) >= 11 is 0. The van der Waals surface area contributed by atoms with Crippen LogP contribution in [0.5, 0.6) is 5.75 Å². The lowest BCUT2D eigenvalue weighted by Gasteiger charge is -2.35. The van der Waals surface area contributed by atoms with Gasteiger partial charge in [-0.2, -0.15) is 4.31 Å². The van der Waals surface area contributed by atoms with Gasteiger partial charge < -0.3 is 19.1 Å². The molecule has 9 nitrogen and oxygen atoms in total. The minimum atomic E-state index is -3.77. The summed E-state index contributed by atoms with van der Waals surface area (Å²) in [5, 5.41) is 0. The van der Waals surface area contributed by atoms with Crippen LogP contribution in [-0.2, 0) is 24.3 Å². The first-order valence-electron chi connectivity index (χ1n) is 12.1. The molecular formula is C24H39N3O6S. The second-order valence-electron chi connectivity index (χ2n) is 8.95. The Morgan fingerprint density at radius 1 is 1.18 bits per heavy atom. The van der Waals surface area contributed by atoms with Crippen molar-refractivity contribution in [3.63, 3.8) is 0 Å². The first kappa shape index (κ1) is 26.9. The van der Waals surface area contributed by atoms with Gasteiger partial charge in [-0.1, -0.05) is 13.8 Å². The van der Waals surface area contributed by atoms with Crippen LogP contribution in [0, 0.1) is 13.8 Å². The van der Waals surface area contributed by atoms with Crippen LogP contribution in [0.1, 0.15) is 31.4 Å². The molecule has 1 aromatic carbocycles. The van der Waals surface area contributed by atoms with Gasteiger partial charge in [-0.15, -0.1) is 0 Å². The van der Waals surface area contributed by atoms with Gasteiger partial charge in [-0.3, -0.25) is 9.69 Å². The van der Waals surface area contributed by atoms with E-state index in [1.54, 1.807) is 33.1 Å². The maximum atomic E-state index is 13.6. The first-order chi connectivity index (χ1) is 16.2. The zero-order valence-electron chi connectivity index (χ0n) is 21.1. The quantitative estimate of drug-likeness (QED) is 0.486. The van der Waals surface area contributed by atoms with Gasteiger partial charge in [0, 0.05) is 25.7 Å². The summed E-state index contributed by atoms with van der Waals surface area (Å²) in [7, 11) is -2.21. The highest BCUT2D eigenvalue weighted by molar-refractivity contribution is 7.89. The number of nitrogens with zero attached hydrogens (tertiary/aromatic N) is 3. The zero-order chi connectivity index (χ0) is 24.9. The van der Waals surface area contributed by atoms with Gasteiger partial charge in [-0.25, -0.2) is 8.42 Å². The Hall–Kier alpha value is -1.72. The highest BCUT2D eigenvalue weighted by Crippen LogP contribution is 2.30. The maximum Gasteiger partial charge on any atom is 0.248 e. The summed E-state index contributed by atoms with van der Waals surface area (Å²) in [6.45, 7) is 12.0. The topological polar surface area (TPSA) is 88.6 Å². The molecule has 2 heterocycles. The fraction of sp³-hybridized carbons (Fsp3) is 0.708. The molecule has 0 spiro atoms. The summed E-state index contributed by atoms with van der Waals surface area (Å²) in [5.41, 5.74) is 1.27. The predicted molar refractivity (Wildman–Crippen MR) is 130 cm³/mol. The SMILES string of the molecule is CCN(CC)C1CCN(C(=O)COC[C@@H]2COCCN2S(=O)(=O)c2c(C)cc(OC)cc2C)C1. The molecule has 1 unspecified atom stereocenters. The molecule has 2 aliphatic heterocycles. The Balaban J connectivity index is 1.62. The number of rotatable bonds is 10. The van der Waals surface area contributed by atoms with Crippen LogP contribution < -0.4 is 4.74 Å². The van der Waals surface area contributed by atoms with Gasteiger partial charge in [-0.05, 0) is 56.6 Å². The van der Waals surface area contributed by atoms with Gasteiger partial charge in [0.2, 0.25) is 15.9 Å². The second kappa shape index (κ2) is 11.8. The largest absolute Gasteiger partial charge is 0.497 e. The highest BCUT2D eigenvalue weighted by atomic mass is 32.2. The fourth-order valence-electron chi connectivity index (χ4n) is 5.02. The van der Waals surface area contributed by atoms with Crippen molar-refractivity contribution in [2.24, 2.45) is 0 Å². The number of hydrogen-bond donors (Lipinski definition) is 0. The van der Waals surface area contributed by atoms with Gasteiger partial charge in [0.15, 0.2) is 0 Å². The van der Waals surface area contributed by atoms with Crippen LogP contribution >= 0.6 is 0 Å². The predicted octanol–water partition coefficient (Wildman–Crippen LogP) is 1.66. The molecule has 34 heavy (non-hydrogen) atoms. The minimum Gasteiger partial charge on any atom is -0.497 e. The van der Waals surface area contributed by atoms with Crippen LogP contribution in [0.15, 0.2) is 17.0 Å². The Morgan fingerprint density at radius 3 is 2.47 bits per heavy atom. The molecule has 0 radical (unpaired) electrons. The Labute approximate surface area is 204 Å². The van der Waals surface area contributed by atoms with Crippen molar-refractivity contribution in [3.05, 3.63) is 23.3 Å². The first-order valence-corrected chi connectivity index (χ1v) is 13.5. The third-order valence-corrected chi connectivity index (χ3v) is 9.05. The second-order valence-corrected chi connectivity index (χ2v) is 10.8. The number of amides is 1. The Morgan fingerprint density at radius 2 is 1.85 bits per heavy atom. The van der Waals surface area contributed by atoms with Gasteiger partial charge in [0.25, 0.3) is 0 Å². The van der Waals surface area contributed by atoms with E-state index in [4.69, 9.17) is 14.2 Å². The molecule has 0 aromatic heterocycles. The average molecular weight is 498 g/mol. The molecule has 0 saturated carbocycles. The number of aryl methyl sites for hydroxylation is 2. The molecule has 10 heteroatoms. The maximum absolute atomic E-state index is 13.6. The third kappa shape index (κ3) is 5.91. The molecule has 2 atom stereocenters. The van der Waals surface area contributed by atoms with Crippen LogP contribution in [0.4, 0.5) is 0 Å². The lowest BCUT2D eigenvalue weighted by molar-refractivity contribution is -0.136. The summed E-state index contributed by atoms with van der Waals surface area (Å²) in [6, 6.07) is 3.36. The smallest absolute Gasteiger partial charge is 0.248 e. The van der Waals surface area contributed by atoms with Crippen molar-refractivity contribution in [2.45, 2.75) is 51.1 Å². The number of hydrogen-bond acceptors (Lipinski definition) is 7. The van der Waals surface area contributed by atoms with Crippen LogP contribution in [-0.4, -0.2) is 107 Å². The zero-order valence-corrected chi connectivity index (χ0v) is 21.9. The average Bonchev–Trinajstić information content (AvgIpc) is 3.29. The van der Waals surface area contributed by atoms with E-state index in [9.17, 15) is 13.2 Å². The van der Waals surface area contributed by atoms with E-state index in [0.29, 0.717) is 36.1 Å². The Kier molecular flexibility index (Phi) is 9.34. The van der Waals surface area contributed by atoms with Gasteiger partial charge in [0.05, 0.1) is 37.9 Å². The number of sulfonamides is 1. The number of likely N-dealkylation sites (N-methyl/N-ethyl adjacent to an activating group) is 1. The molecule has 3 rings (SSSR count). The van der Waals surface area contributed by atoms with Gasteiger partial charge >= 0.3 is 0 Å². The standard InChI is InChI=1S/C24H39N3O6S/c1-6-25(7-2)20-8-9-26(14-20)23(28)17-33-16-21-15-32-11-10-27(21)34(29,30)24-18(3)12-22(31-5)13-19(24)4/h12-13,20-21H,6-11,14-17H2,1-5H3/t20?,21-/m0/s1. The van der Waals surface area contributed by atoms with Crippen molar-refractivity contribution in [2.75, 3.05) is 66.3 Å². The van der Waals surface area contributed by atoms with E-state index in [1.165, 1.54) is 4.31 Å². The molecule has 2 aliphatic rings. The number of carbonyl (C=O) groups excluding carboxylic acids is 1.